The number of hydrogen-bond donors (Lipinski definition) is 1. The summed E-state index contributed by atoms with van der Waals surface area (Å²) in [6, 6.07) is 3.02. The average Bonchev–Trinajstić information content (AvgIpc) is 2.61. The smallest absolute Gasteiger partial charge is 0.412 e. The SMILES string of the molecule is CN(CCOC1CCCCO1)c1cc(NC(=O)OC(C)(C)C)c([N+](=O)[O-])cc1I. The van der Waals surface area contributed by atoms with Gasteiger partial charge in [0.1, 0.15) is 11.3 Å². The number of halogens is 1. The van der Waals surface area contributed by atoms with Crippen molar-refractivity contribution in [2.75, 3.05) is 37.0 Å². The van der Waals surface area contributed by atoms with Gasteiger partial charge in [0.25, 0.3) is 5.69 Å². The molecule has 9 nitrogen and oxygen atoms in total. The van der Waals surface area contributed by atoms with Gasteiger partial charge in [0.15, 0.2) is 6.29 Å². The third-order valence-corrected chi connectivity index (χ3v) is 5.04. The molecule has 1 aromatic rings. The Morgan fingerprint density at radius 2 is 2.14 bits per heavy atom. The highest BCUT2D eigenvalue weighted by Gasteiger charge is 2.23. The van der Waals surface area contributed by atoms with Gasteiger partial charge in [-0.05, 0) is 68.7 Å². The molecule has 1 saturated heterocycles. The van der Waals surface area contributed by atoms with Crippen LogP contribution in [0.15, 0.2) is 12.1 Å². The van der Waals surface area contributed by atoms with Gasteiger partial charge in [-0.2, -0.15) is 0 Å². The third-order valence-electron chi connectivity index (χ3n) is 4.18. The minimum absolute atomic E-state index is 0.0862. The maximum absolute atomic E-state index is 12.1. The summed E-state index contributed by atoms with van der Waals surface area (Å²) >= 11 is 2.05. The predicted molar refractivity (Wildman–Crippen MR) is 118 cm³/mol. The Labute approximate surface area is 184 Å². The van der Waals surface area contributed by atoms with Crippen molar-refractivity contribution in [2.45, 2.75) is 51.9 Å². The van der Waals surface area contributed by atoms with Gasteiger partial charge in [0.05, 0.1) is 17.2 Å². The van der Waals surface area contributed by atoms with Gasteiger partial charge >= 0.3 is 6.09 Å². The second-order valence-electron chi connectivity index (χ2n) is 7.79. The lowest BCUT2D eigenvalue weighted by atomic mass is 10.2. The first-order chi connectivity index (χ1) is 13.6. The molecule has 1 N–H and O–H groups in total. The molecule has 0 radical (unpaired) electrons. The quantitative estimate of drug-likeness (QED) is 0.320. The molecule has 1 aromatic carbocycles. The lowest BCUT2D eigenvalue weighted by molar-refractivity contribution is -0.384. The first-order valence-electron chi connectivity index (χ1n) is 9.49. The van der Waals surface area contributed by atoms with E-state index in [-0.39, 0.29) is 17.7 Å². The van der Waals surface area contributed by atoms with E-state index in [0.717, 1.165) is 31.6 Å². The molecule has 0 aromatic heterocycles. The number of rotatable bonds is 7. The molecule has 0 spiro atoms. The van der Waals surface area contributed by atoms with Crippen molar-refractivity contribution in [3.05, 3.63) is 25.8 Å². The molecule has 1 fully saturated rings. The molecule has 0 bridgehead atoms. The van der Waals surface area contributed by atoms with Crippen LogP contribution in [0, 0.1) is 13.7 Å². The topological polar surface area (TPSA) is 103 Å². The van der Waals surface area contributed by atoms with Crippen molar-refractivity contribution in [3.8, 4) is 0 Å². The molecule has 1 aliphatic heterocycles. The average molecular weight is 521 g/mol. The molecule has 162 valence electrons. The van der Waals surface area contributed by atoms with Crippen LogP contribution in [0.5, 0.6) is 0 Å². The number of nitrogens with one attached hydrogen (secondary N) is 1. The van der Waals surface area contributed by atoms with E-state index in [0.29, 0.717) is 16.7 Å². The Morgan fingerprint density at radius 3 is 2.72 bits per heavy atom. The first-order valence-corrected chi connectivity index (χ1v) is 10.6. The number of amides is 1. The predicted octanol–water partition coefficient (Wildman–Crippen LogP) is 4.53. The monoisotopic (exact) mass is 521 g/mol. The highest BCUT2D eigenvalue weighted by Crippen LogP contribution is 2.34. The Kier molecular flexibility index (Phi) is 8.46. The fraction of sp³-hybridized carbons (Fsp3) is 0.632. The van der Waals surface area contributed by atoms with Crippen LogP contribution in [0.4, 0.5) is 21.9 Å². The minimum Gasteiger partial charge on any atom is -0.444 e. The van der Waals surface area contributed by atoms with Crippen LogP contribution < -0.4 is 10.2 Å². The van der Waals surface area contributed by atoms with Crippen molar-refractivity contribution in [2.24, 2.45) is 0 Å². The summed E-state index contributed by atoms with van der Waals surface area (Å²) in [5.41, 5.74) is -0.0667. The molecular formula is C19H28IN3O6. The summed E-state index contributed by atoms with van der Waals surface area (Å²) in [5.74, 6) is 0. The number of nitrogens with zero attached hydrogens (tertiary/aromatic N) is 2. The normalized spacial score (nSPS) is 16.9. The second kappa shape index (κ2) is 10.4. The summed E-state index contributed by atoms with van der Waals surface area (Å²) in [6.07, 6.45) is 2.14. The zero-order valence-corrected chi connectivity index (χ0v) is 19.4. The van der Waals surface area contributed by atoms with Crippen LogP contribution in [0.25, 0.3) is 0 Å². The number of nitro groups is 1. The Bertz CT molecular complexity index is 731. The molecule has 29 heavy (non-hydrogen) atoms. The van der Waals surface area contributed by atoms with E-state index < -0.39 is 16.6 Å². The van der Waals surface area contributed by atoms with Gasteiger partial charge < -0.3 is 19.1 Å². The van der Waals surface area contributed by atoms with Gasteiger partial charge in [0, 0.05) is 29.8 Å². The molecule has 0 saturated carbocycles. The lowest BCUT2D eigenvalue weighted by Gasteiger charge is -2.26. The van der Waals surface area contributed by atoms with Crippen LogP contribution in [0.3, 0.4) is 0 Å². The number of nitro benzene ring substituents is 1. The van der Waals surface area contributed by atoms with Crippen molar-refractivity contribution in [3.63, 3.8) is 0 Å². The van der Waals surface area contributed by atoms with E-state index in [2.05, 4.69) is 5.32 Å². The fourth-order valence-corrected chi connectivity index (χ4v) is 3.66. The fourth-order valence-electron chi connectivity index (χ4n) is 2.79. The third kappa shape index (κ3) is 7.59. The van der Waals surface area contributed by atoms with Gasteiger partial charge in [0.2, 0.25) is 0 Å². The molecule has 1 unspecified atom stereocenters. The molecular weight excluding hydrogens is 493 g/mol. The van der Waals surface area contributed by atoms with E-state index in [4.69, 9.17) is 14.2 Å². The first kappa shape index (κ1) is 23.6. The number of likely N-dealkylation sites (N-methyl/N-ethyl adjacent to an activating group) is 1. The summed E-state index contributed by atoms with van der Waals surface area (Å²) in [7, 11) is 1.87. The standard InChI is InChI=1S/C19H28IN3O6/c1-19(2,3)29-18(24)21-14-12-15(13(20)11-16(14)23(25)26)22(4)8-10-28-17-7-5-6-9-27-17/h11-12,17H,5-10H2,1-4H3,(H,21,24). The number of ether oxygens (including phenoxy) is 3. The van der Waals surface area contributed by atoms with Gasteiger partial charge in [-0.15, -0.1) is 0 Å². The number of carbonyl (C=O) groups is 1. The van der Waals surface area contributed by atoms with E-state index in [1.165, 1.54) is 6.07 Å². The maximum atomic E-state index is 12.1. The Hall–Kier alpha value is -1.66. The van der Waals surface area contributed by atoms with Crippen molar-refractivity contribution < 1.29 is 23.9 Å². The number of carbonyl (C=O) groups excluding carboxylic acids is 1. The summed E-state index contributed by atoms with van der Waals surface area (Å²) in [4.78, 5) is 24.9. The van der Waals surface area contributed by atoms with Crippen LogP contribution >= 0.6 is 22.6 Å². The van der Waals surface area contributed by atoms with E-state index in [1.807, 2.05) is 34.5 Å². The number of benzene rings is 1. The van der Waals surface area contributed by atoms with Gasteiger partial charge in [-0.25, -0.2) is 4.79 Å². The van der Waals surface area contributed by atoms with Gasteiger partial charge in [-0.3, -0.25) is 15.4 Å². The van der Waals surface area contributed by atoms with Crippen molar-refractivity contribution >= 4 is 45.7 Å². The van der Waals surface area contributed by atoms with Crippen LogP contribution in [-0.4, -0.2) is 49.7 Å². The largest absolute Gasteiger partial charge is 0.444 e. The van der Waals surface area contributed by atoms with Crippen molar-refractivity contribution in [1.82, 2.24) is 0 Å². The highest BCUT2D eigenvalue weighted by atomic mass is 127. The maximum Gasteiger partial charge on any atom is 0.412 e. The second-order valence-corrected chi connectivity index (χ2v) is 8.96. The van der Waals surface area contributed by atoms with Crippen LogP contribution in [-0.2, 0) is 14.2 Å². The molecule has 10 heteroatoms. The van der Waals surface area contributed by atoms with E-state index in [9.17, 15) is 14.9 Å². The molecule has 0 aliphatic carbocycles. The van der Waals surface area contributed by atoms with Gasteiger partial charge in [-0.1, -0.05) is 0 Å². The Balaban J connectivity index is 2.09. The molecule has 1 amide bonds. The van der Waals surface area contributed by atoms with E-state index in [1.54, 1.807) is 26.8 Å². The summed E-state index contributed by atoms with van der Waals surface area (Å²) in [5, 5.41) is 13.9. The number of anilines is 2. The zero-order valence-electron chi connectivity index (χ0n) is 17.2. The Morgan fingerprint density at radius 1 is 1.41 bits per heavy atom. The molecule has 1 heterocycles. The minimum atomic E-state index is -0.742. The van der Waals surface area contributed by atoms with E-state index >= 15 is 0 Å². The summed E-state index contributed by atoms with van der Waals surface area (Å²) < 4.78 is 17.2. The molecule has 1 atom stereocenters. The summed E-state index contributed by atoms with van der Waals surface area (Å²) in [6.45, 7) is 6.93. The van der Waals surface area contributed by atoms with Crippen LogP contribution in [0.2, 0.25) is 0 Å². The van der Waals surface area contributed by atoms with Crippen LogP contribution in [0.1, 0.15) is 40.0 Å². The van der Waals surface area contributed by atoms with Crippen molar-refractivity contribution in [1.29, 1.82) is 0 Å². The lowest BCUT2D eigenvalue weighted by Crippen LogP contribution is -2.29. The number of hydrogen-bond acceptors (Lipinski definition) is 7. The molecule has 1 aliphatic rings. The highest BCUT2D eigenvalue weighted by molar-refractivity contribution is 14.1. The molecule has 2 rings (SSSR count). The zero-order chi connectivity index (χ0) is 21.6.